The van der Waals surface area contributed by atoms with Crippen molar-refractivity contribution in [1.29, 1.82) is 5.26 Å². The maximum Gasteiger partial charge on any atom is 0.416 e. The normalized spacial score (nSPS) is 14.1. The van der Waals surface area contributed by atoms with Crippen LogP contribution in [0.1, 0.15) is 38.9 Å². The number of ether oxygens (including phenoxy) is 5. The molecule has 0 radical (unpaired) electrons. The number of amides is 8. The molecule has 30 nitrogen and oxygen atoms in total. The molecule has 8 aromatic carbocycles. The van der Waals surface area contributed by atoms with E-state index in [0.717, 1.165) is 40.5 Å². The lowest BCUT2D eigenvalue weighted by atomic mass is 10.1. The van der Waals surface area contributed by atoms with Crippen molar-refractivity contribution in [1.82, 2.24) is 39.9 Å². The molecule has 0 fully saturated rings. The van der Waals surface area contributed by atoms with Gasteiger partial charge in [-0.15, -0.1) is 0 Å². The van der Waals surface area contributed by atoms with Crippen LogP contribution in [0.3, 0.4) is 0 Å². The molecule has 46 heteroatoms. The first-order valence-electron chi connectivity index (χ1n) is 39.7. The molecule has 134 heavy (non-hydrogen) atoms. The second-order valence-electron chi connectivity index (χ2n) is 29.2. The van der Waals surface area contributed by atoms with E-state index in [1.807, 2.05) is 17.5 Å². The van der Waals surface area contributed by atoms with E-state index in [-0.39, 0.29) is 78.9 Å². The van der Waals surface area contributed by atoms with Gasteiger partial charge >= 0.3 is 55.0 Å². The van der Waals surface area contributed by atoms with Gasteiger partial charge in [-0.2, -0.15) is 91.1 Å². The Hall–Kier alpha value is -15.9. The monoisotopic (exact) mass is 1890 g/mol. The van der Waals surface area contributed by atoms with Gasteiger partial charge in [0.1, 0.15) is 54.9 Å². The second kappa shape index (κ2) is 39.4. The number of alkyl halides is 15. The lowest BCUT2D eigenvalue weighted by Gasteiger charge is -2.36. The number of rotatable bonds is 20. The molecule has 5 aliphatic rings. The fraction of sp³-hybridized carbons (Fsp3) is 0.216. The number of urea groups is 4. The molecule has 0 aliphatic carbocycles. The molecule has 4 aromatic heterocycles. The van der Waals surface area contributed by atoms with Crippen molar-refractivity contribution in [3.63, 3.8) is 0 Å². The Morgan fingerprint density at radius 2 is 0.619 bits per heavy atom. The third-order valence-corrected chi connectivity index (χ3v) is 20.5. The highest BCUT2D eigenvalue weighted by Crippen LogP contribution is 2.45. The minimum atomic E-state index is -4.59. The van der Waals surface area contributed by atoms with E-state index in [0.29, 0.717) is 109 Å². The average molecular weight is 1890 g/mol. The standard InChI is InChI=1S/C23H20F3N5O3.C22H17F6N5O2.C22H17F3N6O2.C21H17ClF3N5O2/c1-33-18-5-2-16(3-6-18)30-12-15-11-27-21(28-13-23(24,25)26)29-20(15)31(22(30)32)17-4-7-19-14(10-17)8-9-34-19;1-35-17-8-6-15(7-9-17)32-11-13-10-29-19(30-12-21(23,24)25)31-18(13)33(20(32)34)16-4-2-14(3-5-16)22(26,27)28;1-33-18-8-6-16(7-9-18)30-12-15-11-27-20(28-13-22(23,24)25)29-19(15)31(21(30)32)17-4-2-14(10-26)3-5-17;1-32-17-8-6-15(7-9-17)29-11-13-10-26-19(27-12-21(23,24)25)28-18(13)30(20(29)31)16-4-2-14(22)3-5-16/h2-7,10-11H,8-9,12-13H2,1H3,(H,27,28,29);2-10H,11-12H2,1H3,(H,29,30,31);2-9,11H,12-13H2,1H3,(H,27,28,29);2-10H,11-12H2,1H3,(H,26,27,28). The van der Waals surface area contributed by atoms with E-state index in [9.17, 15) is 85.0 Å². The zero-order valence-electron chi connectivity index (χ0n) is 70.1. The average Bonchev–Trinajstić information content (AvgIpc) is 1.37. The van der Waals surface area contributed by atoms with Crippen LogP contribution >= 0.6 is 11.6 Å². The van der Waals surface area contributed by atoms with Gasteiger partial charge in [0, 0.05) is 81.2 Å². The van der Waals surface area contributed by atoms with E-state index >= 15 is 0 Å². The summed E-state index contributed by atoms with van der Waals surface area (Å²) in [6.07, 6.45) is -16.2. The summed E-state index contributed by atoms with van der Waals surface area (Å²) in [4.78, 5) is 97.8. The number of carbonyl (C=O) groups is 4. The molecule has 0 saturated heterocycles. The van der Waals surface area contributed by atoms with Crippen molar-refractivity contribution in [3.8, 4) is 34.8 Å². The number of carbonyl (C=O) groups excluding carboxylic acids is 4. The number of nitrogens with one attached hydrogen (secondary N) is 4. The zero-order chi connectivity index (χ0) is 95.7. The van der Waals surface area contributed by atoms with Gasteiger partial charge in [0.25, 0.3) is 0 Å². The number of aromatic nitrogens is 8. The molecule has 9 heterocycles. The molecule has 5 aliphatic heterocycles. The van der Waals surface area contributed by atoms with Crippen LogP contribution in [0.25, 0.3) is 0 Å². The van der Waals surface area contributed by atoms with Crippen LogP contribution in [-0.4, -0.2) is 150 Å². The summed E-state index contributed by atoms with van der Waals surface area (Å²) in [6.45, 7) is -4.34. The fourth-order valence-electron chi connectivity index (χ4n) is 13.8. The van der Waals surface area contributed by atoms with Crippen LogP contribution in [0.5, 0.6) is 28.7 Å². The van der Waals surface area contributed by atoms with E-state index in [4.69, 9.17) is 40.5 Å². The summed E-state index contributed by atoms with van der Waals surface area (Å²) in [5.74, 6) is 2.66. The third-order valence-electron chi connectivity index (χ3n) is 20.3. The van der Waals surface area contributed by atoms with Gasteiger partial charge in [-0.1, -0.05) is 11.6 Å². The number of benzene rings is 8. The van der Waals surface area contributed by atoms with Gasteiger partial charge in [-0.25, -0.2) is 58.7 Å². The highest BCUT2D eigenvalue weighted by molar-refractivity contribution is 6.30. The molecule has 0 bridgehead atoms. The molecule has 12 aromatic rings. The van der Waals surface area contributed by atoms with E-state index in [1.54, 1.807) is 177 Å². The first-order valence-corrected chi connectivity index (χ1v) is 40.1. The Morgan fingerprint density at radius 3 is 0.888 bits per heavy atom. The van der Waals surface area contributed by atoms with Gasteiger partial charge in [0.05, 0.1) is 101 Å². The van der Waals surface area contributed by atoms with E-state index < -0.39 is 86.7 Å². The molecule has 17 rings (SSSR count). The molecule has 694 valence electrons. The minimum Gasteiger partial charge on any atom is -0.497 e. The largest absolute Gasteiger partial charge is 0.497 e. The molecule has 0 spiro atoms. The van der Waals surface area contributed by atoms with Gasteiger partial charge in [0.2, 0.25) is 23.8 Å². The first kappa shape index (κ1) is 94.2. The SMILES string of the molecule is COc1ccc(N2Cc3cnc(NCC(F)(F)F)nc3N(c3ccc(C#N)cc3)C2=O)cc1.COc1ccc(N2Cc3cnc(NCC(F)(F)F)nc3N(c3ccc(C(F)(F)F)cc3)C2=O)cc1.COc1ccc(N2Cc3cnc(NCC(F)(F)F)nc3N(c3ccc(Cl)cc3)C2=O)cc1.COc1ccc(N2Cc3cnc(NCC(F)(F)F)nc3N(c3ccc4c(c3)CCO4)C2=O)cc1. The van der Waals surface area contributed by atoms with E-state index in [1.165, 1.54) is 68.4 Å². The Labute approximate surface area is 755 Å². The number of anilines is 16. The fourth-order valence-corrected chi connectivity index (χ4v) is 14.0. The second-order valence-corrected chi connectivity index (χ2v) is 29.7. The maximum absolute atomic E-state index is 13.7. The van der Waals surface area contributed by atoms with Crippen molar-refractivity contribution >= 4 is 128 Å². The number of nitrogens with zero attached hydrogens (tertiary/aromatic N) is 17. The molecular weight excluding hydrogens is 1820 g/mol. The van der Waals surface area contributed by atoms with E-state index in [2.05, 4.69) is 55.8 Å². The summed E-state index contributed by atoms with van der Waals surface area (Å²) in [6, 6.07) is 49.2. The smallest absolute Gasteiger partial charge is 0.416 e. The number of halogens is 16. The predicted molar refractivity (Wildman–Crippen MR) is 463 cm³/mol. The highest BCUT2D eigenvalue weighted by Gasteiger charge is 2.42. The lowest BCUT2D eigenvalue weighted by Crippen LogP contribution is -2.45. The number of nitriles is 1. The Kier molecular flexibility index (Phi) is 27.7. The van der Waals surface area contributed by atoms with Crippen LogP contribution in [0.15, 0.2) is 213 Å². The van der Waals surface area contributed by atoms with Crippen LogP contribution in [-0.2, 0) is 38.8 Å². The summed E-state index contributed by atoms with van der Waals surface area (Å²) in [5, 5.41) is 18.1. The number of fused-ring (bicyclic) bond motifs is 5. The molecular formula is C88H71ClF15N21O9. The van der Waals surface area contributed by atoms with Crippen molar-refractivity contribution in [2.45, 2.75) is 63.5 Å². The molecule has 4 N–H and O–H groups in total. The van der Waals surface area contributed by atoms with Gasteiger partial charge in [-0.05, 0) is 194 Å². The third kappa shape index (κ3) is 22.6. The molecule has 8 amide bonds. The summed E-state index contributed by atoms with van der Waals surface area (Å²) < 4.78 is 217. The van der Waals surface area contributed by atoms with Crippen molar-refractivity contribution < 1.29 is 109 Å². The van der Waals surface area contributed by atoms with Crippen LogP contribution in [0, 0.1) is 11.3 Å². The van der Waals surface area contributed by atoms with Crippen molar-refractivity contribution in [2.75, 3.05) is 122 Å². The van der Waals surface area contributed by atoms with Crippen LogP contribution in [0.2, 0.25) is 5.02 Å². The summed E-state index contributed by atoms with van der Waals surface area (Å²) in [5.41, 5.74) is 6.20. The molecule has 0 atom stereocenters. The number of methoxy groups -OCH3 is 4. The summed E-state index contributed by atoms with van der Waals surface area (Å²) >= 11 is 5.98. The predicted octanol–water partition coefficient (Wildman–Crippen LogP) is 20.4. The topological polar surface area (TPSA) is 315 Å². The molecule has 0 unspecified atom stereocenters. The van der Waals surface area contributed by atoms with Crippen LogP contribution in [0.4, 0.5) is 178 Å². The maximum atomic E-state index is 13.7. The minimum absolute atomic E-state index is 0.0167. The molecule has 0 saturated carbocycles. The zero-order valence-corrected chi connectivity index (χ0v) is 70.9. The van der Waals surface area contributed by atoms with Crippen LogP contribution < -0.4 is 84.2 Å². The van der Waals surface area contributed by atoms with Crippen molar-refractivity contribution in [2.24, 2.45) is 0 Å². The summed E-state index contributed by atoms with van der Waals surface area (Å²) in [7, 11) is 6.11. The van der Waals surface area contributed by atoms with Gasteiger partial charge in [0.15, 0.2) is 23.3 Å². The Balaban J connectivity index is 0.000000143. The quantitative estimate of drug-likeness (QED) is 0.0515. The number of hydrogen-bond acceptors (Lipinski definition) is 22. The Bertz CT molecular complexity index is 6300. The first-order chi connectivity index (χ1) is 63.8. The Morgan fingerprint density at radius 1 is 0.358 bits per heavy atom. The van der Waals surface area contributed by atoms with Crippen molar-refractivity contribution in [3.05, 3.63) is 257 Å². The highest BCUT2D eigenvalue weighted by atomic mass is 35.5. The lowest BCUT2D eigenvalue weighted by molar-refractivity contribution is -0.137. The van der Waals surface area contributed by atoms with Gasteiger partial charge < -0.3 is 45.0 Å². The number of hydrogen-bond donors (Lipinski definition) is 4. The van der Waals surface area contributed by atoms with Gasteiger partial charge in [-0.3, -0.25) is 19.6 Å².